The van der Waals surface area contributed by atoms with Gasteiger partial charge in [0.25, 0.3) is 0 Å². The van der Waals surface area contributed by atoms with E-state index in [-0.39, 0.29) is 11.8 Å². The third kappa shape index (κ3) is 4.07. The van der Waals surface area contributed by atoms with Crippen molar-refractivity contribution in [2.45, 2.75) is 25.7 Å². The number of hydrogen-bond acceptors (Lipinski definition) is 1. The second kappa shape index (κ2) is 7.43. The molecular formula is C17H18INO. The summed E-state index contributed by atoms with van der Waals surface area (Å²) in [5.41, 5.74) is 1.94. The Morgan fingerprint density at radius 2 is 1.90 bits per heavy atom. The minimum Gasteiger partial charge on any atom is -0.326 e. The van der Waals surface area contributed by atoms with E-state index in [2.05, 4.69) is 34.8 Å². The van der Waals surface area contributed by atoms with Crippen molar-refractivity contribution < 1.29 is 4.79 Å². The van der Waals surface area contributed by atoms with Crippen LogP contribution in [0.5, 0.6) is 0 Å². The van der Waals surface area contributed by atoms with E-state index in [1.807, 2.05) is 54.6 Å². The molecule has 1 N–H and O–H groups in total. The zero-order chi connectivity index (χ0) is 14.4. The van der Waals surface area contributed by atoms with Crippen LogP contribution >= 0.6 is 22.6 Å². The van der Waals surface area contributed by atoms with Crippen LogP contribution in [0.1, 0.15) is 31.2 Å². The van der Waals surface area contributed by atoms with Crippen molar-refractivity contribution in [3.63, 3.8) is 0 Å². The van der Waals surface area contributed by atoms with Crippen LogP contribution in [0.3, 0.4) is 0 Å². The van der Waals surface area contributed by atoms with E-state index in [1.54, 1.807) is 0 Å². The molecule has 20 heavy (non-hydrogen) atoms. The predicted octanol–water partition coefficient (Wildman–Crippen LogP) is 4.81. The normalized spacial score (nSPS) is 11.9. The van der Waals surface area contributed by atoms with Crippen molar-refractivity contribution in [1.29, 1.82) is 0 Å². The molecule has 0 radical (unpaired) electrons. The average Bonchev–Trinajstić information content (AvgIpc) is 2.45. The maximum atomic E-state index is 12.5. The molecule has 0 aliphatic carbocycles. The van der Waals surface area contributed by atoms with Crippen molar-refractivity contribution in [1.82, 2.24) is 0 Å². The van der Waals surface area contributed by atoms with Gasteiger partial charge >= 0.3 is 0 Å². The lowest BCUT2D eigenvalue weighted by atomic mass is 9.93. The highest BCUT2D eigenvalue weighted by Crippen LogP contribution is 2.23. The highest BCUT2D eigenvalue weighted by molar-refractivity contribution is 14.1. The number of benzene rings is 2. The SMILES string of the molecule is CCC[C@@H](C(=O)Nc1cccc(I)c1)c1ccccc1. The third-order valence-electron chi connectivity index (χ3n) is 3.19. The van der Waals surface area contributed by atoms with Gasteiger partial charge in [-0.05, 0) is 52.8 Å². The first-order valence-corrected chi connectivity index (χ1v) is 7.90. The molecule has 2 rings (SSSR count). The fourth-order valence-electron chi connectivity index (χ4n) is 2.22. The van der Waals surface area contributed by atoms with Crippen LogP contribution < -0.4 is 5.32 Å². The summed E-state index contributed by atoms with van der Waals surface area (Å²) < 4.78 is 1.12. The Morgan fingerprint density at radius 3 is 2.55 bits per heavy atom. The van der Waals surface area contributed by atoms with E-state index in [9.17, 15) is 4.79 Å². The van der Waals surface area contributed by atoms with E-state index in [0.29, 0.717) is 0 Å². The van der Waals surface area contributed by atoms with E-state index >= 15 is 0 Å². The van der Waals surface area contributed by atoms with E-state index in [0.717, 1.165) is 27.7 Å². The maximum absolute atomic E-state index is 12.5. The van der Waals surface area contributed by atoms with Gasteiger partial charge in [0.15, 0.2) is 0 Å². The molecule has 0 aromatic heterocycles. The van der Waals surface area contributed by atoms with Crippen LogP contribution in [0.15, 0.2) is 54.6 Å². The fraction of sp³-hybridized carbons (Fsp3) is 0.235. The summed E-state index contributed by atoms with van der Waals surface area (Å²) in [6.45, 7) is 2.11. The molecule has 2 aromatic rings. The summed E-state index contributed by atoms with van der Waals surface area (Å²) in [7, 11) is 0. The molecule has 0 bridgehead atoms. The minimum absolute atomic E-state index is 0.0695. The van der Waals surface area contributed by atoms with Crippen LogP contribution in [-0.4, -0.2) is 5.91 Å². The van der Waals surface area contributed by atoms with E-state index in [1.165, 1.54) is 0 Å². The van der Waals surface area contributed by atoms with Gasteiger partial charge in [-0.3, -0.25) is 4.79 Å². The molecular weight excluding hydrogens is 361 g/mol. The molecule has 0 saturated heterocycles. The van der Waals surface area contributed by atoms with Gasteiger partial charge in [0.05, 0.1) is 5.92 Å². The summed E-state index contributed by atoms with van der Waals surface area (Å²) in [6.07, 6.45) is 1.85. The molecule has 0 saturated carbocycles. The molecule has 0 fully saturated rings. The Labute approximate surface area is 133 Å². The zero-order valence-corrected chi connectivity index (χ0v) is 13.6. The van der Waals surface area contributed by atoms with Gasteiger partial charge in [0, 0.05) is 9.26 Å². The van der Waals surface area contributed by atoms with Crippen molar-refractivity contribution in [3.8, 4) is 0 Å². The van der Waals surface area contributed by atoms with Gasteiger partial charge in [0.2, 0.25) is 5.91 Å². The standard InChI is InChI=1S/C17H18INO/c1-2-7-16(13-8-4-3-5-9-13)17(20)19-15-11-6-10-14(18)12-15/h3-6,8-12,16H,2,7H2,1H3,(H,19,20)/t16-/m1/s1. The molecule has 2 aromatic carbocycles. The van der Waals surface area contributed by atoms with Crippen LogP contribution in [0, 0.1) is 3.57 Å². The second-order valence-electron chi connectivity index (χ2n) is 4.75. The van der Waals surface area contributed by atoms with Gasteiger partial charge in [-0.2, -0.15) is 0 Å². The number of amides is 1. The molecule has 1 amide bonds. The number of carbonyl (C=O) groups excluding carboxylic acids is 1. The number of hydrogen-bond donors (Lipinski definition) is 1. The Hall–Kier alpha value is -1.36. The molecule has 0 aliphatic heterocycles. The summed E-state index contributed by atoms with van der Waals surface area (Å²) in [5, 5.41) is 3.02. The predicted molar refractivity (Wildman–Crippen MR) is 91.9 cm³/mol. The highest BCUT2D eigenvalue weighted by Gasteiger charge is 2.19. The number of halogens is 1. The lowest BCUT2D eigenvalue weighted by molar-refractivity contribution is -0.117. The van der Waals surface area contributed by atoms with Crippen molar-refractivity contribution in [2.24, 2.45) is 0 Å². The molecule has 2 nitrogen and oxygen atoms in total. The van der Waals surface area contributed by atoms with Gasteiger partial charge < -0.3 is 5.32 Å². The summed E-state index contributed by atoms with van der Waals surface area (Å²) in [4.78, 5) is 12.5. The van der Waals surface area contributed by atoms with Gasteiger partial charge in [0.1, 0.15) is 0 Å². The first-order valence-electron chi connectivity index (χ1n) is 6.82. The lowest BCUT2D eigenvalue weighted by Crippen LogP contribution is -2.21. The maximum Gasteiger partial charge on any atom is 0.231 e. The average molecular weight is 379 g/mol. The molecule has 104 valence electrons. The van der Waals surface area contributed by atoms with Gasteiger partial charge in [-0.25, -0.2) is 0 Å². The zero-order valence-electron chi connectivity index (χ0n) is 11.5. The van der Waals surface area contributed by atoms with Gasteiger partial charge in [-0.1, -0.05) is 49.7 Å². The molecule has 3 heteroatoms. The first-order chi connectivity index (χ1) is 9.70. The topological polar surface area (TPSA) is 29.1 Å². The van der Waals surface area contributed by atoms with E-state index in [4.69, 9.17) is 0 Å². The highest BCUT2D eigenvalue weighted by atomic mass is 127. The van der Waals surface area contributed by atoms with Crippen LogP contribution in [0.25, 0.3) is 0 Å². The molecule has 0 heterocycles. The van der Waals surface area contributed by atoms with Crippen LogP contribution in [0.4, 0.5) is 5.69 Å². The van der Waals surface area contributed by atoms with Crippen LogP contribution in [-0.2, 0) is 4.79 Å². The second-order valence-corrected chi connectivity index (χ2v) is 6.00. The van der Waals surface area contributed by atoms with E-state index < -0.39 is 0 Å². The van der Waals surface area contributed by atoms with Crippen molar-refractivity contribution in [2.75, 3.05) is 5.32 Å². The fourth-order valence-corrected chi connectivity index (χ4v) is 2.76. The molecule has 0 aliphatic rings. The monoisotopic (exact) mass is 379 g/mol. The largest absolute Gasteiger partial charge is 0.326 e. The smallest absolute Gasteiger partial charge is 0.231 e. The summed E-state index contributed by atoms with van der Waals surface area (Å²) in [5.74, 6) is -0.0147. The number of nitrogens with one attached hydrogen (secondary N) is 1. The Bertz CT molecular complexity index is 568. The third-order valence-corrected chi connectivity index (χ3v) is 3.86. The quantitative estimate of drug-likeness (QED) is 0.742. The Morgan fingerprint density at radius 1 is 1.15 bits per heavy atom. The van der Waals surface area contributed by atoms with Crippen molar-refractivity contribution in [3.05, 3.63) is 63.7 Å². The molecule has 1 atom stereocenters. The summed E-state index contributed by atoms with van der Waals surface area (Å²) in [6, 6.07) is 17.9. The number of rotatable bonds is 5. The minimum atomic E-state index is -0.0842. The Kier molecular flexibility index (Phi) is 5.59. The van der Waals surface area contributed by atoms with Crippen LogP contribution in [0.2, 0.25) is 0 Å². The Balaban J connectivity index is 2.15. The molecule has 0 spiro atoms. The number of anilines is 1. The summed E-state index contributed by atoms with van der Waals surface area (Å²) >= 11 is 2.25. The number of carbonyl (C=O) groups is 1. The van der Waals surface area contributed by atoms with Crippen molar-refractivity contribution >= 4 is 34.2 Å². The first kappa shape index (κ1) is 15.0. The lowest BCUT2D eigenvalue weighted by Gasteiger charge is -2.16. The molecule has 0 unspecified atom stereocenters. The van der Waals surface area contributed by atoms with Gasteiger partial charge in [-0.15, -0.1) is 0 Å².